The molecule has 0 N–H and O–H groups in total. The lowest BCUT2D eigenvalue weighted by Crippen LogP contribution is -2.34. The zero-order chi connectivity index (χ0) is 18.1. The molecule has 1 heterocycles. The van der Waals surface area contributed by atoms with Crippen LogP contribution in [0.3, 0.4) is 0 Å². The van der Waals surface area contributed by atoms with E-state index in [2.05, 4.69) is 10.2 Å². The molecule has 8 heteroatoms. The van der Waals surface area contributed by atoms with Crippen molar-refractivity contribution < 1.29 is 9.21 Å². The monoisotopic (exact) mass is 355 g/mol. The average molecular weight is 355 g/mol. The highest BCUT2D eigenvalue weighted by Crippen LogP contribution is 2.25. The van der Waals surface area contributed by atoms with Crippen LogP contribution in [0.4, 0.5) is 0 Å². The Labute approximate surface area is 150 Å². The van der Waals surface area contributed by atoms with E-state index >= 15 is 0 Å². The molecule has 25 heavy (non-hydrogen) atoms. The molecule has 0 saturated carbocycles. The molecular formula is C17H17N5O2S. The number of aromatic nitrogens is 2. The highest BCUT2D eigenvalue weighted by atomic mass is 32.2. The van der Waals surface area contributed by atoms with Gasteiger partial charge in [0.2, 0.25) is 11.8 Å². The number of carbonyl (C=O) groups is 1. The number of rotatable bonds is 8. The van der Waals surface area contributed by atoms with E-state index in [9.17, 15) is 4.79 Å². The fourth-order valence-electron chi connectivity index (χ4n) is 2.14. The predicted octanol–water partition coefficient (Wildman–Crippen LogP) is 2.79. The maximum Gasteiger partial charge on any atom is 0.277 e. The predicted molar refractivity (Wildman–Crippen MR) is 92.2 cm³/mol. The lowest BCUT2D eigenvalue weighted by Gasteiger charge is -2.19. The Morgan fingerprint density at radius 3 is 2.52 bits per heavy atom. The Balaban J connectivity index is 1.96. The third kappa shape index (κ3) is 5.33. The Hall–Kier alpha value is -2.84. The second-order valence-corrected chi connectivity index (χ2v) is 6.10. The van der Waals surface area contributed by atoms with Crippen LogP contribution in [0.25, 0.3) is 11.5 Å². The summed E-state index contributed by atoms with van der Waals surface area (Å²) in [4.78, 5) is 13.8. The van der Waals surface area contributed by atoms with Crippen molar-refractivity contribution in [2.75, 3.05) is 18.8 Å². The molecule has 0 radical (unpaired) electrons. The van der Waals surface area contributed by atoms with Gasteiger partial charge >= 0.3 is 0 Å². The molecule has 7 nitrogen and oxygen atoms in total. The second kappa shape index (κ2) is 9.45. The van der Waals surface area contributed by atoms with Crippen LogP contribution in [0.5, 0.6) is 0 Å². The third-order valence-corrected chi connectivity index (χ3v) is 4.24. The van der Waals surface area contributed by atoms with Crippen molar-refractivity contribution in [1.82, 2.24) is 15.1 Å². The topological polar surface area (TPSA) is 107 Å². The van der Waals surface area contributed by atoms with Crippen LogP contribution in [0.2, 0.25) is 0 Å². The first kappa shape index (κ1) is 18.5. The highest BCUT2D eigenvalue weighted by molar-refractivity contribution is 7.99. The Morgan fingerprint density at radius 1 is 1.20 bits per heavy atom. The molecule has 1 aromatic heterocycles. The Bertz CT molecular complexity index is 788. The largest absolute Gasteiger partial charge is 0.411 e. The number of carbonyl (C=O) groups excluding carboxylic acids is 1. The van der Waals surface area contributed by atoms with Gasteiger partial charge in [0.15, 0.2) is 0 Å². The molecule has 0 aliphatic rings. The smallest absolute Gasteiger partial charge is 0.277 e. The lowest BCUT2D eigenvalue weighted by molar-refractivity contribution is -0.128. The van der Waals surface area contributed by atoms with E-state index in [1.165, 1.54) is 4.90 Å². The zero-order valence-electron chi connectivity index (χ0n) is 13.8. The van der Waals surface area contributed by atoms with Gasteiger partial charge < -0.3 is 9.32 Å². The van der Waals surface area contributed by atoms with Gasteiger partial charge in [-0.05, 0) is 18.6 Å². The molecule has 2 rings (SSSR count). The van der Waals surface area contributed by atoms with Crippen molar-refractivity contribution in [2.24, 2.45) is 0 Å². The summed E-state index contributed by atoms with van der Waals surface area (Å²) < 4.78 is 5.61. The van der Waals surface area contributed by atoms with E-state index in [-0.39, 0.29) is 24.5 Å². The standard InChI is InChI=1S/C17H17N5O2S/c1-13-6-2-3-7-14(13)16-20-21-17(24-16)25-12-15(23)22(10-4-8-18)11-5-9-19/h2-3,6-7H,4-5,10-12H2,1H3. The molecule has 0 unspecified atom stereocenters. The minimum Gasteiger partial charge on any atom is -0.411 e. The minimum absolute atomic E-state index is 0.117. The Kier molecular flexibility index (Phi) is 7.00. The van der Waals surface area contributed by atoms with E-state index in [4.69, 9.17) is 14.9 Å². The van der Waals surface area contributed by atoms with Crippen LogP contribution in [-0.2, 0) is 4.79 Å². The fraction of sp³-hybridized carbons (Fsp3) is 0.353. The molecule has 0 spiro atoms. The molecule has 0 atom stereocenters. The molecule has 0 bridgehead atoms. The summed E-state index contributed by atoms with van der Waals surface area (Å²) in [5, 5.41) is 25.6. The number of benzene rings is 1. The quantitative estimate of drug-likeness (QED) is 0.670. The number of amides is 1. The molecule has 2 aromatic rings. The second-order valence-electron chi connectivity index (χ2n) is 5.17. The lowest BCUT2D eigenvalue weighted by atomic mass is 10.1. The van der Waals surface area contributed by atoms with Crippen LogP contribution in [0, 0.1) is 29.6 Å². The van der Waals surface area contributed by atoms with Gasteiger partial charge in [-0.15, -0.1) is 10.2 Å². The van der Waals surface area contributed by atoms with Crippen molar-refractivity contribution in [1.29, 1.82) is 10.5 Å². The molecule has 0 aliphatic carbocycles. The van der Waals surface area contributed by atoms with Crippen LogP contribution in [-0.4, -0.2) is 39.8 Å². The van der Waals surface area contributed by atoms with Gasteiger partial charge in [0.1, 0.15) is 0 Å². The van der Waals surface area contributed by atoms with Gasteiger partial charge in [-0.1, -0.05) is 30.0 Å². The van der Waals surface area contributed by atoms with E-state index in [0.29, 0.717) is 24.2 Å². The maximum atomic E-state index is 12.3. The van der Waals surface area contributed by atoms with Crippen molar-refractivity contribution in [3.8, 4) is 23.6 Å². The number of hydrogen-bond donors (Lipinski definition) is 0. The summed E-state index contributed by atoms with van der Waals surface area (Å²) in [5.41, 5.74) is 1.89. The van der Waals surface area contributed by atoms with E-state index in [1.807, 2.05) is 43.3 Å². The molecule has 0 saturated heterocycles. The molecular weight excluding hydrogens is 338 g/mol. The summed E-state index contributed by atoms with van der Waals surface area (Å²) in [6.45, 7) is 2.59. The van der Waals surface area contributed by atoms with E-state index in [0.717, 1.165) is 22.9 Å². The number of nitriles is 2. The highest BCUT2D eigenvalue weighted by Gasteiger charge is 2.16. The van der Waals surface area contributed by atoms with E-state index in [1.54, 1.807) is 0 Å². The van der Waals surface area contributed by atoms with Gasteiger partial charge in [0.25, 0.3) is 5.22 Å². The Morgan fingerprint density at radius 2 is 1.88 bits per heavy atom. The SMILES string of the molecule is Cc1ccccc1-c1nnc(SCC(=O)N(CCC#N)CCC#N)o1. The molecule has 0 fully saturated rings. The zero-order valence-corrected chi connectivity index (χ0v) is 14.6. The van der Waals surface area contributed by atoms with Gasteiger partial charge in [-0.2, -0.15) is 10.5 Å². The summed E-state index contributed by atoms with van der Waals surface area (Å²) in [7, 11) is 0. The van der Waals surface area contributed by atoms with Crippen LogP contribution < -0.4 is 0 Å². The van der Waals surface area contributed by atoms with Gasteiger partial charge in [-0.3, -0.25) is 4.79 Å². The van der Waals surface area contributed by atoms with E-state index < -0.39 is 0 Å². The molecule has 0 aliphatic heterocycles. The summed E-state index contributed by atoms with van der Waals surface area (Å²) in [6, 6.07) is 11.7. The van der Waals surface area contributed by atoms with Gasteiger partial charge in [0, 0.05) is 18.7 Å². The van der Waals surface area contributed by atoms with Crippen molar-refractivity contribution in [2.45, 2.75) is 25.0 Å². The van der Waals surface area contributed by atoms with Gasteiger partial charge in [0.05, 0.1) is 30.7 Å². The van der Waals surface area contributed by atoms with Crippen LogP contribution in [0.1, 0.15) is 18.4 Å². The first-order chi connectivity index (χ1) is 12.2. The van der Waals surface area contributed by atoms with Crippen molar-refractivity contribution in [3.05, 3.63) is 29.8 Å². The first-order valence-electron chi connectivity index (χ1n) is 7.69. The average Bonchev–Trinajstić information content (AvgIpc) is 3.09. The molecule has 1 aromatic carbocycles. The fourth-order valence-corrected chi connectivity index (χ4v) is 2.80. The minimum atomic E-state index is -0.161. The van der Waals surface area contributed by atoms with Crippen LogP contribution in [0.15, 0.2) is 33.9 Å². The summed E-state index contributed by atoms with van der Waals surface area (Å²) in [6.07, 6.45) is 0.472. The summed E-state index contributed by atoms with van der Waals surface area (Å²) in [5.74, 6) is 0.372. The number of aryl methyl sites for hydroxylation is 1. The molecule has 128 valence electrons. The number of thioether (sulfide) groups is 1. The normalized spacial score (nSPS) is 10.0. The summed E-state index contributed by atoms with van der Waals surface area (Å²) >= 11 is 1.15. The third-order valence-electron chi connectivity index (χ3n) is 3.44. The van der Waals surface area contributed by atoms with Crippen molar-refractivity contribution in [3.63, 3.8) is 0 Å². The molecule has 1 amide bonds. The van der Waals surface area contributed by atoms with Crippen molar-refractivity contribution >= 4 is 17.7 Å². The van der Waals surface area contributed by atoms with Gasteiger partial charge in [-0.25, -0.2) is 0 Å². The maximum absolute atomic E-state index is 12.3. The first-order valence-corrected chi connectivity index (χ1v) is 8.68. The number of hydrogen-bond acceptors (Lipinski definition) is 7. The van der Waals surface area contributed by atoms with Crippen LogP contribution >= 0.6 is 11.8 Å². The number of nitrogens with zero attached hydrogens (tertiary/aromatic N) is 5.